The van der Waals surface area contributed by atoms with Crippen LogP contribution in [0.1, 0.15) is 23.7 Å². The molecule has 1 rings (SSSR count). The van der Waals surface area contributed by atoms with Crippen LogP contribution in [0.2, 0.25) is 0 Å². The largest absolute Gasteiger partial charge is 0.493 e. The molecule has 4 nitrogen and oxygen atoms in total. The molecule has 0 bridgehead atoms. The maximum atomic E-state index is 10.6. The first-order valence-corrected chi connectivity index (χ1v) is 5.15. The molecule has 0 aromatic heterocycles. The SMILES string of the molecule is CCC(O)COc1cc(C=O)ccc1OC. The Morgan fingerprint density at radius 1 is 1.44 bits per heavy atom. The van der Waals surface area contributed by atoms with Gasteiger partial charge in [-0.05, 0) is 24.6 Å². The quantitative estimate of drug-likeness (QED) is 0.746. The van der Waals surface area contributed by atoms with Gasteiger partial charge in [0.2, 0.25) is 0 Å². The molecular formula is C12H16O4. The van der Waals surface area contributed by atoms with Crippen molar-refractivity contribution in [2.45, 2.75) is 19.4 Å². The summed E-state index contributed by atoms with van der Waals surface area (Å²) in [5, 5.41) is 9.37. The second-order valence-corrected chi connectivity index (χ2v) is 3.40. The van der Waals surface area contributed by atoms with Gasteiger partial charge in [0, 0.05) is 5.56 Å². The second-order valence-electron chi connectivity index (χ2n) is 3.40. The molecule has 1 unspecified atom stereocenters. The average Bonchev–Trinajstić information content (AvgIpc) is 2.35. The lowest BCUT2D eigenvalue weighted by Crippen LogP contribution is -2.16. The fraction of sp³-hybridized carbons (Fsp3) is 0.417. The predicted molar refractivity (Wildman–Crippen MR) is 60.2 cm³/mol. The van der Waals surface area contributed by atoms with Gasteiger partial charge in [-0.15, -0.1) is 0 Å². The van der Waals surface area contributed by atoms with Gasteiger partial charge in [-0.3, -0.25) is 4.79 Å². The predicted octanol–water partition coefficient (Wildman–Crippen LogP) is 1.66. The normalized spacial score (nSPS) is 11.9. The summed E-state index contributed by atoms with van der Waals surface area (Å²) in [7, 11) is 1.53. The molecule has 1 atom stereocenters. The summed E-state index contributed by atoms with van der Waals surface area (Å²) in [5.41, 5.74) is 0.516. The summed E-state index contributed by atoms with van der Waals surface area (Å²) < 4.78 is 10.5. The number of carbonyl (C=O) groups excluding carboxylic acids is 1. The fourth-order valence-corrected chi connectivity index (χ4v) is 1.18. The van der Waals surface area contributed by atoms with E-state index in [0.29, 0.717) is 23.5 Å². The number of rotatable bonds is 6. The number of methoxy groups -OCH3 is 1. The Morgan fingerprint density at radius 2 is 2.19 bits per heavy atom. The zero-order valence-electron chi connectivity index (χ0n) is 9.47. The van der Waals surface area contributed by atoms with Gasteiger partial charge in [0.05, 0.1) is 13.2 Å². The van der Waals surface area contributed by atoms with E-state index in [1.807, 2.05) is 6.92 Å². The highest BCUT2D eigenvalue weighted by Crippen LogP contribution is 2.27. The van der Waals surface area contributed by atoms with E-state index in [0.717, 1.165) is 6.29 Å². The summed E-state index contributed by atoms with van der Waals surface area (Å²) in [6, 6.07) is 4.90. The monoisotopic (exact) mass is 224 g/mol. The molecule has 0 heterocycles. The van der Waals surface area contributed by atoms with Crippen LogP contribution >= 0.6 is 0 Å². The fourth-order valence-electron chi connectivity index (χ4n) is 1.18. The van der Waals surface area contributed by atoms with E-state index >= 15 is 0 Å². The molecule has 1 N–H and O–H groups in total. The minimum Gasteiger partial charge on any atom is -0.493 e. The van der Waals surface area contributed by atoms with E-state index in [1.54, 1.807) is 18.2 Å². The first-order valence-electron chi connectivity index (χ1n) is 5.15. The zero-order valence-corrected chi connectivity index (χ0v) is 9.47. The highest BCUT2D eigenvalue weighted by Gasteiger charge is 2.08. The first kappa shape index (κ1) is 12.5. The minimum absolute atomic E-state index is 0.190. The first-order chi connectivity index (χ1) is 7.71. The van der Waals surface area contributed by atoms with Gasteiger partial charge >= 0.3 is 0 Å². The lowest BCUT2D eigenvalue weighted by Gasteiger charge is -2.13. The Labute approximate surface area is 94.8 Å². The van der Waals surface area contributed by atoms with Crippen LogP contribution in [0.5, 0.6) is 11.5 Å². The van der Waals surface area contributed by atoms with E-state index in [9.17, 15) is 9.90 Å². The Bertz CT molecular complexity index is 349. The van der Waals surface area contributed by atoms with Crippen molar-refractivity contribution in [1.82, 2.24) is 0 Å². The van der Waals surface area contributed by atoms with Crippen molar-refractivity contribution in [3.8, 4) is 11.5 Å². The van der Waals surface area contributed by atoms with Gasteiger partial charge in [-0.25, -0.2) is 0 Å². The Kier molecular flexibility index (Phi) is 4.79. The molecule has 88 valence electrons. The number of benzene rings is 1. The van der Waals surface area contributed by atoms with Crippen LogP contribution in [0.4, 0.5) is 0 Å². The van der Waals surface area contributed by atoms with Crippen molar-refractivity contribution in [3.63, 3.8) is 0 Å². The molecule has 0 radical (unpaired) electrons. The molecular weight excluding hydrogens is 208 g/mol. The Hall–Kier alpha value is -1.55. The van der Waals surface area contributed by atoms with Crippen LogP contribution in [-0.2, 0) is 0 Å². The molecule has 0 saturated heterocycles. The lowest BCUT2D eigenvalue weighted by atomic mass is 10.2. The van der Waals surface area contributed by atoms with Gasteiger partial charge in [0.25, 0.3) is 0 Å². The summed E-state index contributed by atoms with van der Waals surface area (Å²) in [4.78, 5) is 10.6. The van der Waals surface area contributed by atoms with Crippen LogP contribution in [0, 0.1) is 0 Å². The van der Waals surface area contributed by atoms with Crippen LogP contribution in [-0.4, -0.2) is 31.2 Å². The van der Waals surface area contributed by atoms with Crippen molar-refractivity contribution in [1.29, 1.82) is 0 Å². The van der Waals surface area contributed by atoms with E-state index in [-0.39, 0.29) is 6.61 Å². The van der Waals surface area contributed by atoms with Gasteiger partial charge < -0.3 is 14.6 Å². The van der Waals surface area contributed by atoms with Crippen molar-refractivity contribution in [2.24, 2.45) is 0 Å². The molecule has 0 saturated carbocycles. The van der Waals surface area contributed by atoms with Gasteiger partial charge in [0.15, 0.2) is 11.5 Å². The number of aliphatic hydroxyl groups excluding tert-OH is 1. The molecule has 0 aliphatic carbocycles. The van der Waals surface area contributed by atoms with Crippen molar-refractivity contribution in [2.75, 3.05) is 13.7 Å². The van der Waals surface area contributed by atoms with Crippen molar-refractivity contribution >= 4 is 6.29 Å². The van der Waals surface area contributed by atoms with Crippen LogP contribution < -0.4 is 9.47 Å². The van der Waals surface area contributed by atoms with Crippen molar-refractivity contribution in [3.05, 3.63) is 23.8 Å². The van der Waals surface area contributed by atoms with Crippen LogP contribution in [0.3, 0.4) is 0 Å². The molecule has 16 heavy (non-hydrogen) atoms. The van der Waals surface area contributed by atoms with E-state index in [2.05, 4.69) is 0 Å². The maximum absolute atomic E-state index is 10.6. The van der Waals surface area contributed by atoms with Crippen LogP contribution in [0.25, 0.3) is 0 Å². The third-order valence-corrected chi connectivity index (χ3v) is 2.23. The summed E-state index contributed by atoms with van der Waals surface area (Å²) >= 11 is 0. The topological polar surface area (TPSA) is 55.8 Å². The highest BCUT2D eigenvalue weighted by molar-refractivity contribution is 5.76. The number of hydrogen-bond acceptors (Lipinski definition) is 4. The third-order valence-electron chi connectivity index (χ3n) is 2.23. The van der Waals surface area contributed by atoms with Crippen LogP contribution in [0.15, 0.2) is 18.2 Å². The van der Waals surface area contributed by atoms with Gasteiger partial charge in [-0.2, -0.15) is 0 Å². The molecule has 0 amide bonds. The number of aliphatic hydroxyl groups is 1. The standard InChI is InChI=1S/C12H16O4/c1-3-10(14)8-16-12-6-9(7-13)4-5-11(12)15-2/h4-7,10,14H,3,8H2,1-2H3. The smallest absolute Gasteiger partial charge is 0.162 e. The summed E-state index contributed by atoms with van der Waals surface area (Å²) in [6.45, 7) is 2.06. The zero-order chi connectivity index (χ0) is 12.0. The van der Waals surface area contributed by atoms with E-state index in [1.165, 1.54) is 7.11 Å². The van der Waals surface area contributed by atoms with Gasteiger partial charge in [0.1, 0.15) is 12.9 Å². The Balaban J connectivity index is 2.78. The summed E-state index contributed by atoms with van der Waals surface area (Å²) in [5.74, 6) is 1.02. The van der Waals surface area contributed by atoms with E-state index < -0.39 is 6.10 Å². The number of ether oxygens (including phenoxy) is 2. The molecule has 0 aliphatic rings. The summed E-state index contributed by atoms with van der Waals surface area (Å²) in [6.07, 6.45) is 0.850. The number of aldehydes is 1. The highest BCUT2D eigenvalue weighted by atomic mass is 16.5. The Morgan fingerprint density at radius 3 is 2.75 bits per heavy atom. The molecule has 1 aromatic carbocycles. The number of hydrogen-bond donors (Lipinski definition) is 1. The third kappa shape index (κ3) is 3.24. The minimum atomic E-state index is -0.510. The van der Waals surface area contributed by atoms with E-state index in [4.69, 9.17) is 9.47 Å². The maximum Gasteiger partial charge on any atom is 0.162 e. The molecule has 1 aromatic rings. The van der Waals surface area contributed by atoms with Gasteiger partial charge in [-0.1, -0.05) is 6.92 Å². The molecule has 0 spiro atoms. The van der Waals surface area contributed by atoms with Crippen molar-refractivity contribution < 1.29 is 19.4 Å². The molecule has 0 fully saturated rings. The molecule has 4 heteroatoms. The lowest BCUT2D eigenvalue weighted by molar-refractivity contribution is 0.102. The number of carbonyl (C=O) groups is 1. The second kappa shape index (κ2) is 6.12. The molecule has 0 aliphatic heterocycles. The average molecular weight is 224 g/mol.